The van der Waals surface area contributed by atoms with Gasteiger partial charge in [-0.05, 0) is 12.1 Å². The topological polar surface area (TPSA) is 85.0 Å². The first-order valence-corrected chi connectivity index (χ1v) is 7.93. The molecule has 1 aromatic heterocycles. The lowest BCUT2D eigenvalue weighted by Gasteiger charge is -2.26. The highest BCUT2D eigenvalue weighted by atomic mass is 16.5. The van der Waals surface area contributed by atoms with E-state index in [-0.39, 0.29) is 24.7 Å². The van der Waals surface area contributed by atoms with Crippen molar-refractivity contribution in [2.45, 2.75) is 19.5 Å². The van der Waals surface area contributed by atoms with Crippen molar-refractivity contribution in [2.24, 2.45) is 0 Å². The second-order valence-corrected chi connectivity index (χ2v) is 5.94. The predicted molar refractivity (Wildman–Crippen MR) is 84.6 cm³/mol. The number of aromatic nitrogens is 1. The van der Waals surface area contributed by atoms with E-state index in [1.54, 1.807) is 22.8 Å². The number of rotatable bonds is 3. The van der Waals surface area contributed by atoms with Gasteiger partial charge in [-0.15, -0.1) is 0 Å². The van der Waals surface area contributed by atoms with Crippen LogP contribution in [-0.4, -0.2) is 47.6 Å². The Labute approximate surface area is 137 Å². The van der Waals surface area contributed by atoms with Gasteiger partial charge in [-0.1, -0.05) is 0 Å². The number of morpholine rings is 1. The Morgan fingerprint density at radius 1 is 1.00 bits per heavy atom. The minimum absolute atomic E-state index is 0.221. The molecule has 0 saturated carbocycles. The Bertz CT molecular complexity index is 846. The Balaban J connectivity index is 1.68. The Hall–Kier alpha value is -2.45. The van der Waals surface area contributed by atoms with Crippen LogP contribution in [0.1, 0.15) is 12.8 Å². The number of benzene rings is 1. The van der Waals surface area contributed by atoms with Crippen LogP contribution < -0.4 is 10.7 Å². The fraction of sp³-hybridized carbons (Fsp3) is 0.438. The first-order chi connectivity index (χ1) is 11.6. The number of hydrogen-bond acceptors (Lipinski definition) is 6. The number of nitrogens with zero attached hydrogens (tertiary/aromatic N) is 3. The lowest BCUT2D eigenvalue weighted by molar-refractivity contribution is -0.121. The van der Waals surface area contributed by atoms with Crippen LogP contribution >= 0.6 is 0 Å². The normalized spacial score (nSPS) is 19.6. The van der Waals surface area contributed by atoms with Gasteiger partial charge in [0.15, 0.2) is 5.58 Å². The molecular formula is C16H17N3O5. The van der Waals surface area contributed by atoms with Crippen LogP contribution in [0.25, 0.3) is 11.1 Å². The number of fused-ring (bicyclic) bond motifs is 1. The van der Waals surface area contributed by atoms with E-state index in [1.165, 1.54) is 0 Å². The number of imide groups is 1. The van der Waals surface area contributed by atoms with Crippen molar-refractivity contribution in [1.29, 1.82) is 0 Å². The number of carbonyl (C=O) groups excluding carboxylic acids is 2. The SMILES string of the molecule is O=C1CCC(=O)N1c1ccc2c(c1)oc(=O)n2CN1CCOCC1. The molecule has 2 aliphatic heterocycles. The molecule has 2 aliphatic rings. The van der Waals surface area contributed by atoms with Gasteiger partial charge in [0.2, 0.25) is 11.8 Å². The standard InChI is InChI=1S/C16H17N3O5/c20-14-3-4-15(21)19(14)11-1-2-12-13(9-11)24-16(22)18(12)10-17-5-7-23-8-6-17/h1-2,9H,3-8,10H2. The van der Waals surface area contributed by atoms with Crippen LogP contribution in [0.2, 0.25) is 0 Å². The maximum absolute atomic E-state index is 12.2. The monoisotopic (exact) mass is 331 g/mol. The third kappa shape index (κ3) is 2.53. The Kier molecular flexibility index (Phi) is 3.70. The molecule has 2 amide bonds. The summed E-state index contributed by atoms with van der Waals surface area (Å²) in [4.78, 5) is 39.1. The smallest absolute Gasteiger partial charge is 0.408 e. The minimum Gasteiger partial charge on any atom is -0.408 e. The fourth-order valence-electron chi connectivity index (χ4n) is 3.14. The summed E-state index contributed by atoms with van der Waals surface area (Å²) in [5.41, 5.74) is 1.47. The molecule has 0 spiro atoms. The number of amides is 2. The second kappa shape index (κ2) is 5.88. The number of hydrogen-bond donors (Lipinski definition) is 0. The molecule has 2 saturated heterocycles. The molecule has 0 N–H and O–H groups in total. The minimum atomic E-state index is -0.451. The maximum atomic E-state index is 12.2. The van der Waals surface area contributed by atoms with Crippen molar-refractivity contribution in [3.8, 4) is 0 Å². The largest absolute Gasteiger partial charge is 0.421 e. The number of anilines is 1. The van der Waals surface area contributed by atoms with Gasteiger partial charge in [-0.2, -0.15) is 0 Å². The van der Waals surface area contributed by atoms with Crippen LogP contribution in [-0.2, 0) is 21.0 Å². The lowest BCUT2D eigenvalue weighted by Crippen LogP contribution is -2.39. The summed E-state index contributed by atoms with van der Waals surface area (Å²) < 4.78 is 12.2. The van der Waals surface area contributed by atoms with E-state index >= 15 is 0 Å². The summed E-state index contributed by atoms with van der Waals surface area (Å²) in [5, 5.41) is 0. The fourth-order valence-corrected chi connectivity index (χ4v) is 3.14. The molecule has 0 atom stereocenters. The highest BCUT2D eigenvalue weighted by Crippen LogP contribution is 2.26. The third-order valence-corrected chi connectivity index (χ3v) is 4.41. The van der Waals surface area contributed by atoms with Crippen LogP contribution in [0, 0.1) is 0 Å². The molecule has 8 nitrogen and oxygen atoms in total. The van der Waals surface area contributed by atoms with Gasteiger partial charge in [0.05, 0.1) is 31.1 Å². The van der Waals surface area contributed by atoms with Gasteiger partial charge in [-0.3, -0.25) is 24.0 Å². The molecule has 0 unspecified atom stereocenters. The Morgan fingerprint density at radius 2 is 1.71 bits per heavy atom. The number of ether oxygens (including phenoxy) is 1. The summed E-state index contributed by atoms with van der Waals surface area (Å²) in [6.45, 7) is 3.24. The lowest BCUT2D eigenvalue weighted by atomic mass is 10.2. The molecule has 2 aromatic rings. The van der Waals surface area contributed by atoms with Crippen molar-refractivity contribution >= 4 is 28.6 Å². The van der Waals surface area contributed by atoms with Crippen LogP contribution in [0.3, 0.4) is 0 Å². The predicted octanol–water partition coefficient (Wildman–Crippen LogP) is 0.538. The first kappa shape index (κ1) is 15.1. The number of carbonyl (C=O) groups is 2. The zero-order valence-electron chi connectivity index (χ0n) is 13.1. The van der Waals surface area contributed by atoms with Crippen LogP contribution in [0.4, 0.5) is 5.69 Å². The van der Waals surface area contributed by atoms with Gasteiger partial charge in [0, 0.05) is 32.0 Å². The molecular weight excluding hydrogens is 314 g/mol. The summed E-state index contributed by atoms with van der Waals surface area (Å²) in [5.74, 6) is -0.906. The molecule has 126 valence electrons. The third-order valence-electron chi connectivity index (χ3n) is 4.41. The highest BCUT2D eigenvalue weighted by Gasteiger charge is 2.30. The summed E-state index contributed by atoms with van der Waals surface area (Å²) >= 11 is 0. The van der Waals surface area contributed by atoms with Crippen molar-refractivity contribution in [1.82, 2.24) is 9.47 Å². The first-order valence-electron chi connectivity index (χ1n) is 7.93. The van der Waals surface area contributed by atoms with Gasteiger partial charge in [-0.25, -0.2) is 4.79 Å². The molecule has 0 aliphatic carbocycles. The van der Waals surface area contributed by atoms with E-state index in [4.69, 9.17) is 9.15 Å². The van der Waals surface area contributed by atoms with Crippen LogP contribution in [0.5, 0.6) is 0 Å². The van der Waals surface area contributed by atoms with Gasteiger partial charge >= 0.3 is 5.76 Å². The van der Waals surface area contributed by atoms with Crippen molar-refractivity contribution < 1.29 is 18.7 Å². The van der Waals surface area contributed by atoms with Crippen molar-refractivity contribution in [3.05, 3.63) is 28.7 Å². The molecule has 8 heteroatoms. The van der Waals surface area contributed by atoms with E-state index in [1.807, 2.05) is 0 Å². The average molecular weight is 331 g/mol. The molecule has 4 rings (SSSR count). The van der Waals surface area contributed by atoms with Crippen molar-refractivity contribution in [3.63, 3.8) is 0 Å². The van der Waals surface area contributed by atoms with Gasteiger partial charge < -0.3 is 9.15 Å². The molecule has 1 aromatic carbocycles. The average Bonchev–Trinajstić information content (AvgIpc) is 3.07. The van der Waals surface area contributed by atoms with E-state index in [0.717, 1.165) is 18.0 Å². The van der Waals surface area contributed by atoms with E-state index in [0.29, 0.717) is 36.7 Å². The zero-order chi connectivity index (χ0) is 16.7. The summed E-state index contributed by atoms with van der Waals surface area (Å²) in [6.07, 6.45) is 0.442. The van der Waals surface area contributed by atoms with Gasteiger partial charge in [0.25, 0.3) is 0 Å². The maximum Gasteiger partial charge on any atom is 0.421 e. The van der Waals surface area contributed by atoms with E-state index < -0.39 is 5.76 Å². The quantitative estimate of drug-likeness (QED) is 0.763. The summed E-state index contributed by atoms with van der Waals surface area (Å²) in [6, 6.07) is 4.97. The van der Waals surface area contributed by atoms with E-state index in [2.05, 4.69) is 4.90 Å². The number of oxazole rings is 1. The molecule has 0 bridgehead atoms. The zero-order valence-corrected chi connectivity index (χ0v) is 13.1. The second-order valence-electron chi connectivity index (χ2n) is 5.94. The highest BCUT2D eigenvalue weighted by molar-refractivity contribution is 6.20. The summed E-state index contributed by atoms with van der Waals surface area (Å²) in [7, 11) is 0. The molecule has 0 radical (unpaired) electrons. The van der Waals surface area contributed by atoms with Crippen LogP contribution in [0.15, 0.2) is 27.4 Å². The van der Waals surface area contributed by atoms with Gasteiger partial charge in [0.1, 0.15) is 0 Å². The van der Waals surface area contributed by atoms with Crippen molar-refractivity contribution in [2.75, 3.05) is 31.2 Å². The Morgan fingerprint density at radius 3 is 2.42 bits per heavy atom. The van der Waals surface area contributed by atoms with E-state index in [9.17, 15) is 14.4 Å². The molecule has 3 heterocycles. The molecule has 24 heavy (non-hydrogen) atoms. The molecule has 2 fully saturated rings.